The van der Waals surface area contributed by atoms with E-state index in [0.717, 1.165) is 21.8 Å². The number of thiazole rings is 1. The van der Waals surface area contributed by atoms with Crippen molar-refractivity contribution in [3.05, 3.63) is 89.7 Å². The average molecular weight is 360 g/mol. The van der Waals surface area contributed by atoms with Gasteiger partial charge in [-0.1, -0.05) is 48.5 Å². The number of para-hydroxylation sites is 1. The Hall–Kier alpha value is -3.25. The molecule has 2 aromatic heterocycles. The Morgan fingerprint density at radius 1 is 1.00 bits per heavy atom. The number of carbonyl (C=O) groups is 1. The Morgan fingerprint density at radius 2 is 1.73 bits per heavy atom. The van der Waals surface area contributed by atoms with Crippen molar-refractivity contribution in [2.24, 2.45) is 0 Å². The highest BCUT2D eigenvalue weighted by Gasteiger charge is 2.12. The van der Waals surface area contributed by atoms with Crippen molar-refractivity contribution in [1.29, 1.82) is 0 Å². The molecule has 0 spiro atoms. The van der Waals surface area contributed by atoms with E-state index in [1.54, 1.807) is 17.1 Å². The Balaban J connectivity index is 1.40. The number of nitrogens with zero attached hydrogens (tertiary/aromatic N) is 3. The first-order valence-electron chi connectivity index (χ1n) is 8.18. The molecule has 0 aliphatic rings. The standard InChI is InChI=1S/C20H16N4OS/c25-19(18-13-22-20(26-18)16-7-3-1-4-8-16)21-11-15-12-23-24(14-15)17-9-5-2-6-10-17/h1-10,12-14H,11H2,(H,21,25). The van der Waals surface area contributed by atoms with Gasteiger partial charge in [-0.15, -0.1) is 11.3 Å². The van der Waals surface area contributed by atoms with Crippen molar-refractivity contribution in [3.63, 3.8) is 0 Å². The summed E-state index contributed by atoms with van der Waals surface area (Å²) in [5.74, 6) is -0.128. The van der Waals surface area contributed by atoms with Gasteiger partial charge in [-0.2, -0.15) is 5.10 Å². The van der Waals surface area contributed by atoms with Gasteiger partial charge in [0.1, 0.15) is 9.88 Å². The molecule has 0 bridgehead atoms. The van der Waals surface area contributed by atoms with Crippen molar-refractivity contribution in [2.45, 2.75) is 6.54 Å². The van der Waals surface area contributed by atoms with Crippen LogP contribution in [0.5, 0.6) is 0 Å². The molecule has 1 amide bonds. The SMILES string of the molecule is O=C(NCc1cnn(-c2ccccc2)c1)c1cnc(-c2ccccc2)s1. The van der Waals surface area contributed by atoms with E-state index in [0.29, 0.717) is 11.4 Å². The summed E-state index contributed by atoms with van der Waals surface area (Å²) in [7, 11) is 0. The van der Waals surface area contributed by atoms with Crippen LogP contribution in [0, 0.1) is 0 Å². The summed E-state index contributed by atoms with van der Waals surface area (Å²) in [4.78, 5) is 17.3. The van der Waals surface area contributed by atoms with Gasteiger partial charge in [0.2, 0.25) is 0 Å². The average Bonchev–Trinajstić information content (AvgIpc) is 3.37. The van der Waals surface area contributed by atoms with E-state index in [1.165, 1.54) is 11.3 Å². The number of amides is 1. The predicted octanol–water partition coefficient (Wildman–Crippen LogP) is 3.93. The molecule has 0 atom stereocenters. The lowest BCUT2D eigenvalue weighted by molar-refractivity contribution is 0.0955. The van der Waals surface area contributed by atoms with Crippen molar-refractivity contribution in [3.8, 4) is 16.3 Å². The van der Waals surface area contributed by atoms with E-state index in [1.807, 2.05) is 66.9 Å². The van der Waals surface area contributed by atoms with Crippen LogP contribution in [-0.2, 0) is 6.54 Å². The summed E-state index contributed by atoms with van der Waals surface area (Å²) in [5, 5.41) is 8.10. The molecule has 6 heteroatoms. The van der Waals surface area contributed by atoms with E-state index in [9.17, 15) is 4.79 Å². The van der Waals surface area contributed by atoms with Gasteiger partial charge < -0.3 is 5.32 Å². The molecule has 0 aliphatic carbocycles. The smallest absolute Gasteiger partial charge is 0.263 e. The van der Waals surface area contributed by atoms with Crippen molar-refractivity contribution in [2.75, 3.05) is 0 Å². The van der Waals surface area contributed by atoms with E-state index in [4.69, 9.17) is 0 Å². The van der Waals surface area contributed by atoms with Gasteiger partial charge in [0.05, 0.1) is 18.1 Å². The lowest BCUT2D eigenvalue weighted by Gasteiger charge is -2.01. The zero-order chi connectivity index (χ0) is 17.8. The lowest BCUT2D eigenvalue weighted by Crippen LogP contribution is -2.21. The number of carbonyl (C=O) groups excluding carboxylic acids is 1. The first-order chi connectivity index (χ1) is 12.8. The molecule has 0 unspecified atom stereocenters. The minimum atomic E-state index is -0.128. The molecule has 0 saturated heterocycles. The Kier molecular flexibility index (Phi) is 4.57. The first kappa shape index (κ1) is 16.2. The van der Waals surface area contributed by atoms with Crippen molar-refractivity contribution < 1.29 is 4.79 Å². The van der Waals surface area contributed by atoms with Crippen LogP contribution in [0.4, 0.5) is 0 Å². The molecule has 4 aromatic rings. The molecule has 128 valence electrons. The number of hydrogen-bond acceptors (Lipinski definition) is 4. The molecule has 4 rings (SSSR count). The van der Waals surface area contributed by atoms with E-state index < -0.39 is 0 Å². The first-order valence-corrected chi connectivity index (χ1v) is 9.00. The molecule has 0 fully saturated rings. The summed E-state index contributed by atoms with van der Waals surface area (Å²) in [6, 6.07) is 19.7. The van der Waals surface area contributed by atoms with Crippen LogP contribution in [0.25, 0.3) is 16.3 Å². The molecular formula is C20H16N4OS. The van der Waals surface area contributed by atoms with Gasteiger partial charge in [-0.05, 0) is 12.1 Å². The Labute approximate surface area is 155 Å². The maximum absolute atomic E-state index is 12.4. The topological polar surface area (TPSA) is 59.8 Å². The second-order valence-electron chi connectivity index (χ2n) is 5.71. The predicted molar refractivity (Wildman–Crippen MR) is 102 cm³/mol. The fraction of sp³-hybridized carbons (Fsp3) is 0.0500. The van der Waals surface area contributed by atoms with Crippen molar-refractivity contribution in [1.82, 2.24) is 20.1 Å². The van der Waals surface area contributed by atoms with Crippen LogP contribution in [-0.4, -0.2) is 20.7 Å². The zero-order valence-corrected chi connectivity index (χ0v) is 14.7. The summed E-state index contributed by atoms with van der Waals surface area (Å²) >= 11 is 1.39. The van der Waals surface area contributed by atoms with Gasteiger partial charge >= 0.3 is 0 Å². The van der Waals surface area contributed by atoms with E-state index in [2.05, 4.69) is 15.4 Å². The molecule has 0 radical (unpaired) electrons. The molecular weight excluding hydrogens is 344 g/mol. The number of nitrogens with one attached hydrogen (secondary N) is 1. The van der Waals surface area contributed by atoms with Gasteiger partial charge in [0, 0.05) is 23.9 Å². The van der Waals surface area contributed by atoms with Crippen LogP contribution < -0.4 is 5.32 Å². The van der Waals surface area contributed by atoms with Gasteiger partial charge in [-0.3, -0.25) is 4.79 Å². The minimum absolute atomic E-state index is 0.128. The minimum Gasteiger partial charge on any atom is -0.347 e. The summed E-state index contributed by atoms with van der Waals surface area (Å²) in [6.07, 6.45) is 5.29. The molecule has 0 aliphatic heterocycles. The molecule has 1 N–H and O–H groups in total. The number of hydrogen-bond donors (Lipinski definition) is 1. The Bertz CT molecular complexity index is 1010. The van der Waals surface area contributed by atoms with Gasteiger partial charge in [0.25, 0.3) is 5.91 Å². The van der Waals surface area contributed by atoms with Crippen LogP contribution in [0.2, 0.25) is 0 Å². The van der Waals surface area contributed by atoms with Crippen LogP contribution >= 0.6 is 11.3 Å². The quantitative estimate of drug-likeness (QED) is 0.587. The number of aromatic nitrogens is 3. The third-order valence-corrected chi connectivity index (χ3v) is 4.91. The fourth-order valence-corrected chi connectivity index (χ4v) is 3.37. The highest BCUT2D eigenvalue weighted by atomic mass is 32.1. The van der Waals surface area contributed by atoms with Crippen LogP contribution in [0.1, 0.15) is 15.2 Å². The lowest BCUT2D eigenvalue weighted by atomic mass is 10.2. The normalized spacial score (nSPS) is 10.6. The summed E-state index contributed by atoms with van der Waals surface area (Å²) in [5.41, 5.74) is 2.94. The molecule has 5 nitrogen and oxygen atoms in total. The van der Waals surface area contributed by atoms with Crippen LogP contribution in [0.3, 0.4) is 0 Å². The van der Waals surface area contributed by atoms with Crippen molar-refractivity contribution >= 4 is 17.2 Å². The Morgan fingerprint density at radius 3 is 2.50 bits per heavy atom. The summed E-state index contributed by atoms with van der Waals surface area (Å²) < 4.78 is 1.79. The molecule has 2 aromatic carbocycles. The number of rotatable bonds is 5. The second-order valence-corrected chi connectivity index (χ2v) is 6.74. The summed E-state index contributed by atoms with van der Waals surface area (Å²) in [6.45, 7) is 0.421. The molecule has 26 heavy (non-hydrogen) atoms. The highest BCUT2D eigenvalue weighted by Crippen LogP contribution is 2.24. The van der Waals surface area contributed by atoms with Gasteiger partial charge in [0.15, 0.2) is 0 Å². The van der Waals surface area contributed by atoms with Crippen LogP contribution in [0.15, 0.2) is 79.3 Å². The van der Waals surface area contributed by atoms with Gasteiger partial charge in [-0.25, -0.2) is 9.67 Å². The van der Waals surface area contributed by atoms with E-state index in [-0.39, 0.29) is 5.91 Å². The third-order valence-electron chi connectivity index (χ3n) is 3.86. The number of benzene rings is 2. The monoisotopic (exact) mass is 360 g/mol. The van der Waals surface area contributed by atoms with E-state index >= 15 is 0 Å². The largest absolute Gasteiger partial charge is 0.347 e. The zero-order valence-electron chi connectivity index (χ0n) is 13.9. The third kappa shape index (κ3) is 3.55. The fourth-order valence-electron chi connectivity index (χ4n) is 2.54. The highest BCUT2D eigenvalue weighted by molar-refractivity contribution is 7.16. The second kappa shape index (κ2) is 7.33. The maximum atomic E-state index is 12.4. The maximum Gasteiger partial charge on any atom is 0.263 e. The molecule has 2 heterocycles. The molecule has 0 saturated carbocycles.